The van der Waals surface area contributed by atoms with Gasteiger partial charge < -0.3 is 35.4 Å². The fourth-order valence-electron chi connectivity index (χ4n) is 4.76. The number of ether oxygens (including phenoxy) is 2. The smallest absolute Gasteiger partial charge is 0.286 e. The summed E-state index contributed by atoms with van der Waals surface area (Å²) >= 11 is 0. The van der Waals surface area contributed by atoms with Crippen LogP contribution in [0.25, 0.3) is 11.0 Å². The van der Waals surface area contributed by atoms with Crippen molar-refractivity contribution in [3.8, 4) is 0 Å². The highest BCUT2D eigenvalue weighted by Crippen LogP contribution is 2.31. The fourth-order valence-corrected chi connectivity index (χ4v) is 4.76. The molecule has 2 heterocycles. The number of carbonyl (C=O) groups excluding carboxylic acids is 2. The molecule has 2 amide bonds. The van der Waals surface area contributed by atoms with E-state index in [1.54, 1.807) is 78.9 Å². The molecule has 10 heteroatoms. The zero-order valence-corrected chi connectivity index (χ0v) is 23.5. The molecule has 1 aliphatic rings. The molecule has 2 unspecified atom stereocenters. The van der Waals surface area contributed by atoms with E-state index in [0.29, 0.717) is 59.3 Å². The second-order valence-electron chi connectivity index (χ2n) is 10.2. The molecule has 5 N–H and O–H groups in total. The van der Waals surface area contributed by atoms with Gasteiger partial charge in [0.1, 0.15) is 5.58 Å². The van der Waals surface area contributed by atoms with Crippen molar-refractivity contribution in [2.45, 2.75) is 38.0 Å². The Morgan fingerprint density at radius 2 is 1.74 bits per heavy atom. The highest BCUT2D eigenvalue weighted by atomic mass is 16.7. The molecular weight excluding hydrogens is 550 g/mol. The molecule has 4 aromatic rings. The van der Waals surface area contributed by atoms with Gasteiger partial charge in [0.15, 0.2) is 11.2 Å². The lowest BCUT2D eigenvalue weighted by Crippen LogP contribution is -2.33. The van der Waals surface area contributed by atoms with Crippen LogP contribution in [0.1, 0.15) is 46.7 Å². The number of carbonyl (C=O) groups is 2. The number of fused-ring (bicyclic) bond motifs is 1. The van der Waals surface area contributed by atoms with Gasteiger partial charge in [0, 0.05) is 36.6 Å². The van der Waals surface area contributed by atoms with E-state index < -0.39 is 18.1 Å². The van der Waals surface area contributed by atoms with Gasteiger partial charge in [-0.05, 0) is 60.9 Å². The van der Waals surface area contributed by atoms with Crippen LogP contribution in [0, 0.1) is 0 Å². The average molecular weight is 584 g/mol. The molecule has 43 heavy (non-hydrogen) atoms. The van der Waals surface area contributed by atoms with E-state index in [2.05, 4.69) is 10.6 Å². The van der Waals surface area contributed by atoms with Crippen LogP contribution in [0.15, 0.2) is 100 Å². The number of hydrogen-bond donors (Lipinski definition) is 4. The fraction of sp³-hybridized carbons (Fsp3) is 0.242. The second-order valence-corrected chi connectivity index (χ2v) is 10.2. The lowest BCUT2D eigenvalue weighted by molar-refractivity contribution is -0.146. The van der Waals surface area contributed by atoms with Crippen molar-refractivity contribution in [3.05, 3.63) is 118 Å². The Morgan fingerprint density at radius 1 is 0.977 bits per heavy atom. The quantitative estimate of drug-likeness (QED) is 0.149. The summed E-state index contributed by atoms with van der Waals surface area (Å²) < 4.78 is 17.5. The maximum atomic E-state index is 13.3. The van der Waals surface area contributed by atoms with Crippen LogP contribution < -0.4 is 21.8 Å². The predicted octanol–water partition coefficient (Wildman–Crippen LogP) is 4.45. The zero-order chi connectivity index (χ0) is 30.2. The summed E-state index contributed by atoms with van der Waals surface area (Å²) in [5.41, 5.74) is 8.82. The van der Waals surface area contributed by atoms with E-state index >= 15 is 0 Å². The zero-order valence-electron chi connectivity index (χ0n) is 23.5. The number of nitrogens with one attached hydrogen (secondary N) is 2. The third kappa shape index (κ3) is 7.29. The third-order valence-electron chi connectivity index (χ3n) is 7.12. The second kappa shape index (κ2) is 13.8. The van der Waals surface area contributed by atoms with Gasteiger partial charge >= 0.3 is 0 Å². The van der Waals surface area contributed by atoms with Gasteiger partial charge in [-0.2, -0.15) is 0 Å². The van der Waals surface area contributed by atoms with Gasteiger partial charge in [-0.25, -0.2) is 0 Å². The van der Waals surface area contributed by atoms with Gasteiger partial charge in [-0.3, -0.25) is 14.4 Å². The molecule has 0 fully saturated rings. The first-order chi connectivity index (χ1) is 20.9. The molecule has 1 aromatic heterocycles. The van der Waals surface area contributed by atoms with Crippen LogP contribution in [0.2, 0.25) is 0 Å². The van der Waals surface area contributed by atoms with Crippen molar-refractivity contribution in [3.63, 3.8) is 0 Å². The molecule has 0 aliphatic carbocycles. The van der Waals surface area contributed by atoms with E-state index in [-0.39, 0.29) is 30.2 Å². The van der Waals surface area contributed by atoms with Crippen LogP contribution in [-0.4, -0.2) is 36.4 Å². The highest BCUT2D eigenvalue weighted by molar-refractivity contribution is 6.05. The third-order valence-corrected chi connectivity index (χ3v) is 7.12. The van der Waals surface area contributed by atoms with Gasteiger partial charge in [-0.1, -0.05) is 36.4 Å². The van der Waals surface area contributed by atoms with E-state index in [1.165, 1.54) is 6.26 Å². The number of anilines is 2. The Labute approximate surface area is 248 Å². The average Bonchev–Trinajstić information content (AvgIpc) is 3.03. The Bertz CT molecular complexity index is 1680. The molecule has 0 saturated heterocycles. The molecular formula is C33H33N3O7. The first-order valence-corrected chi connectivity index (χ1v) is 14.1. The Hall–Kier alpha value is -4.93. The summed E-state index contributed by atoms with van der Waals surface area (Å²) in [4.78, 5) is 39.1. The molecule has 3 aromatic carbocycles. The predicted molar refractivity (Wildman–Crippen MR) is 162 cm³/mol. The first kappa shape index (κ1) is 29.6. The molecule has 0 saturated carbocycles. The Morgan fingerprint density at radius 3 is 2.53 bits per heavy atom. The number of allylic oxidation sites excluding steroid dienone is 1. The summed E-state index contributed by atoms with van der Waals surface area (Å²) in [5, 5.41) is 15.2. The normalized spacial score (nSPS) is 16.3. The topological polar surface area (TPSA) is 153 Å². The van der Waals surface area contributed by atoms with Crippen LogP contribution in [0.5, 0.6) is 0 Å². The van der Waals surface area contributed by atoms with Crippen molar-refractivity contribution in [2.75, 3.05) is 24.3 Å². The summed E-state index contributed by atoms with van der Waals surface area (Å²) in [7, 11) is 0. The van der Waals surface area contributed by atoms with Crippen molar-refractivity contribution >= 4 is 34.2 Å². The van der Waals surface area contributed by atoms with Crippen molar-refractivity contribution in [1.29, 1.82) is 0 Å². The van der Waals surface area contributed by atoms with Gasteiger partial charge in [0.25, 0.3) is 11.8 Å². The van der Waals surface area contributed by atoms with Gasteiger partial charge in [0.2, 0.25) is 6.29 Å². The van der Waals surface area contributed by atoms with E-state index in [9.17, 15) is 14.4 Å². The van der Waals surface area contributed by atoms with Crippen LogP contribution >= 0.6 is 0 Å². The summed E-state index contributed by atoms with van der Waals surface area (Å²) in [6.07, 6.45) is 3.80. The number of benzene rings is 3. The number of rotatable bonds is 11. The minimum atomic E-state index is -0.767. The molecule has 5 rings (SSSR count). The molecule has 0 radical (unpaired) electrons. The molecule has 222 valence electrons. The SMILES string of the molecule is Nc1ccccc1NC(=O)c1ccc(CNC(=O)C2=CC(c3coc4ccccc4c3=O)CC(OCCCCO)O2)cc1. The van der Waals surface area contributed by atoms with E-state index in [1.807, 2.05) is 0 Å². The van der Waals surface area contributed by atoms with Crippen LogP contribution in [-0.2, 0) is 20.8 Å². The van der Waals surface area contributed by atoms with Gasteiger partial charge in [-0.15, -0.1) is 0 Å². The lowest BCUT2D eigenvalue weighted by atomic mass is 9.93. The minimum Gasteiger partial charge on any atom is -0.464 e. The number of aliphatic hydroxyl groups is 1. The summed E-state index contributed by atoms with van der Waals surface area (Å²) in [6.45, 7) is 0.560. The van der Waals surface area contributed by atoms with Crippen LogP contribution in [0.3, 0.4) is 0 Å². The Kier molecular flexibility index (Phi) is 9.50. The lowest BCUT2D eigenvalue weighted by Gasteiger charge is -2.29. The van der Waals surface area contributed by atoms with E-state index in [4.69, 9.17) is 24.7 Å². The van der Waals surface area contributed by atoms with E-state index in [0.717, 1.165) is 5.56 Å². The highest BCUT2D eigenvalue weighted by Gasteiger charge is 2.30. The minimum absolute atomic E-state index is 0.0346. The number of unbranched alkanes of at least 4 members (excludes halogenated alkanes) is 1. The van der Waals surface area contributed by atoms with Crippen molar-refractivity contribution in [1.82, 2.24) is 5.32 Å². The number of nitrogens with two attached hydrogens (primary N) is 1. The summed E-state index contributed by atoms with van der Waals surface area (Å²) in [6, 6.07) is 20.8. The molecule has 1 aliphatic heterocycles. The number of nitrogen functional groups attached to an aromatic ring is 1. The Balaban J connectivity index is 1.27. The maximum absolute atomic E-state index is 13.3. The largest absolute Gasteiger partial charge is 0.464 e. The van der Waals surface area contributed by atoms with Gasteiger partial charge in [0.05, 0.1) is 29.6 Å². The van der Waals surface area contributed by atoms with Crippen molar-refractivity contribution in [2.24, 2.45) is 0 Å². The maximum Gasteiger partial charge on any atom is 0.286 e. The molecule has 10 nitrogen and oxygen atoms in total. The molecule has 2 atom stereocenters. The monoisotopic (exact) mass is 583 g/mol. The summed E-state index contributed by atoms with van der Waals surface area (Å²) in [5.74, 6) is -1.22. The van der Waals surface area contributed by atoms with Crippen molar-refractivity contribution < 1.29 is 28.6 Å². The first-order valence-electron chi connectivity index (χ1n) is 14.1. The number of aliphatic hydroxyl groups excluding tert-OH is 1. The number of para-hydroxylation sites is 3. The molecule has 0 bridgehead atoms. The standard InChI is InChI=1S/C33H33N3O7/c34-26-8-2-3-9-27(26)36-32(39)22-13-11-21(12-14-22)19-35-33(40)29-17-23(18-30(43-29)41-16-6-5-15-37)25-20-42-28-10-4-1-7-24(28)31(25)38/h1-4,7-14,17,20,23,30,37H,5-6,15-16,18-19,34H2,(H,35,40)(H,36,39). The molecule has 0 spiro atoms. The number of hydrogen-bond acceptors (Lipinski definition) is 8. The number of amides is 2. The van der Waals surface area contributed by atoms with Crippen LogP contribution in [0.4, 0.5) is 11.4 Å².